The Morgan fingerprint density at radius 3 is 2.79 bits per heavy atom. The third-order valence-corrected chi connectivity index (χ3v) is 5.90. The van der Waals surface area contributed by atoms with Crippen LogP contribution in [0.4, 0.5) is 0 Å². The molecular weight excluding hydrogens is 302 g/mol. The lowest BCUT2D eigenvalue weighted by Crippen LogP contribution is -2.40. The minimum absolute atomic E-state index is 0.103. The molecule has 0 aliphatic heterocycles. The quantitative estimate of drug-likeness (QED) is 0.937. The van der Waals surface area contributed by atoms with Gasteiger partial charge in [-0.1, -0.05) is 18.1 Å². The zero-order chi connectivity index (χ0) is 16.8. The van der Waals surface area contributed by atoms with Crippen molar-refractivity contribution in [1.29, 1.82) is 0 Å². The number of nitrogens with one attached hydrogen (secondary N) is 1. The van der Waals surface area contributed by atoms with E-state index in [0.717, 1.165) is 17.4 Å². The molecule has 24 heavy (non-hydrogen) atoms. The van der Waals surface area contributed by atoms with E-state index in [1.54, 1.807) is 12.1 Å². The Hall–Kier alpha value is -2.10. The van der Waals surface area contributed by atoms with E-state index in [0.29, 0.717) is 16.9 Å². The van der Waals surface area contributed by atoms with E-state index in [-0.39, 0.29) is 23.1 Å². The number of rotatable bonds is 3. The van der Waals surface area contributed by atoms with Crippen LogP contribution in [-0.2, 0) is 0 Å². The molecule has 1 amide bonds. The lowest BCUT2D eigenvalue weighted by Gasteiger charge is -2.28. The van der Waals surface area contributed by atoms with Crippen LogP contribution in [-0.4, -0.2) is 11.9 Å². The highest BCUT2D eigenvalue weighted by molar-refractivity contribution is 5.93. The van der Waals surface area contributed by atoms with Crippen LogP contribution in [0, 0.1) is 24.7 Å². The molecule has 0 radical (unpaired) electrons. The van der Waals surface area contributed by atoms with E-state index >= 15 is 0 Å². The summed E-state index contributed by atoms with van der Waals surface area (Å²) < 4.78 is 5.67. The first-order valence-electron chi connectivity index (χ1n) is 8.86. The zero-order valence-electron chi connectivity index (χ0n) is 14.2. The monoisotopic (exact) mass is 325 g/mol. The van der Waals surface area contributed by atoms with Gasteiger partial charge in [-0.15, -0.1) is 0 Å². The summed E-state index contributed by atoms with van der Waals surface area (Å²) in [6.07, 6.45) is 5.17. The highest BCUT2D eigenvalue weighted by Gasteiger charge is 2.42. The average Bonchev–Trinajstić information content (AvgIpc) is 3.18. The molecule has 2 aliphatic rings. The first kappa shape index (κ1) is 15.4. The Morgan fingerprint density at radius 2 is 2.08 bits per heavy atom. The third-order valence-electron chi connectivity index (χ3n) is 5.90. The number of amides is 1. The van der Waals surface area contributed by atoms with Crippen LogP contribution in [0.5, 0.6) is 0 Å². The molecule has 2 saturated carbocycles. The summed E-state index contributed by atoms with van der Waals surface area (Å²) in [7, 11) is 0. The summed E-state index contributed by atoms with van der Waals surface area (Å²) >= 11 is 0. The Kier molecular flexibility index (Phi) is 3.70. The Balaban J connectivity index is 1.55. The van der Waals surface area contributed by atoms with Crippen LogP contribution in [0.1, 0.15) is 48.7 Å². The summed E-state index contributed by atoms with van der Waals surface area (Å²) in [5.41, 5.74) is 1.29. The molecule has 2 fully saturated rings. The van der Waals surface area contributed by atoms with Crippen molar-refractivity contribution in [3.05, 3.63) is 45.8 Å². The predicted octanol–water partition coefficient (Wildman–Crippen LogP) is 3.66. The highest BCUT2D eigenvalue weighted by atomic mass is 16.3. The fourth-order valence-electron chi connectivity index (χ4n) is 4.67. The van der Waals surface area contributed by atoms with Gasteiger partial charge in [0.2, 0.25) is 0 Å². The van der Waals surface area contributed by atoms with Crippen molar-refractivity contribution in [2.45, 2.75) is 45.6 Å². The Bertz CT molecular complexity index is 854. The Labute approximate surface area is 141 Å². The smallest absolute Gasteiger partial charge is 0.287 e. The lowest BCUT2D eigenvalue weighted by atomic mass is 9.84. The van der Waals surface area contributed by atoms with Crippen molar-refractivity contribution in [2.75, 3.05) is 0 Å². The third kappa shape index (κ3) is 2.64. The van der Waals surface area contributed by atoms with Crippen molar-refractivity contribution in [3.63, 3.8) is 0 Å². The maximum Gasteiger partial charge on any atom is 0.287 e. The molecule has 126 valence electrons. The number of aryl methyl sites for hydroxylation is 1. The molecule has 2 bridgehead atoms. The summed E-state index contributed by atoms with van der Waals surface area (Å²) in [5.74, 6) is 1.97. The molecule has 2 aliphatic carbocycles. The molecule has 0 unspecified atom stereocenters. The van der Waals surface area contributed by atoms with Crippen molar-refractivity contribution < 1.29 is 9.21 Å². The maximum absolute atomic E-state index is 12.5. The van der Waals surface area contributed by atoms with E-state index < -0.39 is 0 Å². The van der Waals surface area contributed by atoms with Crippen LogP contribution < -0.4 is 10.7 Å². The molecule has 4 atom stereocenters. The lowest BCUT2D eigenvalue weighted by molar-refractivity contribution is 0.0887. The average molecular weight is 325 g/mol. The van der Waals surface area contributed by atoms with Gasteiger partial charge in [-0.2, -0.15) is 0 Å². The Morgan fingerprint density at radius 1 is 1.25 bits per heavy atom. The van der Waals surface area contributed by atoms with Crippen molar-refractivity contribution in [1.82, 2.24) is 5.32 Å². The van der Waals surface area contributed by atoms with Gasteiger partial charge in [-0.05, 0) is 63.0 Å². The van der Waals surface area contributed by atoms with Gasteiger partial charge in [0.25, 0.3) is 5.91 Å². The van der Waals surface area contributed by atoms with Gasteiger partial charge < -0.3 is 9.73 Å². The number of fused-ring (bicyclic) bond motifs is 3. The molecule has 4 nitrogen and oxygen atoms in total. The standard InChI is InChI=1S/C20H23NO3/c1-11-3-6-18-16(7-11)17(22)10-19(24-18)20(23)21-12(2)15-9-13-4-5-14(15)8-13/h3,6-7,10,12-15H,4-5,8-9H2,1-2H3,(H,21,23)/t12-,13+,14+,15-/m1/s1. The minimum Gasteiger partial charge on any atom is -0.451 e. The van der Waals surface area contributed by atoms with Gasteiger partial charge in [0.15, 0.2) is 11.2 Å². The molecule has 0 spiro atoms. The number of benzene rings is 1. The molecule has 1 aromatic carbocycles. The van der Waals surface area contributed by atoms with Crippen molar-refractivity contribution >= 4 is 16.9 Å². The minimum atomic E-state index is -0.287. The van der Waals surface area contributed by atoms with Crippen molar-refractivity contribution in [2.24, 2.45) is 17.8 Å². The van der Waals surface area contributed by atoms with E-state index in [1.165, 1.54) is 31.7 Å². The molecule has 1 heterocycles. The van der Waals surface area contributed by atoms with Gasteiger partial charge >= 0.3 is 0 Å². The van der Waals surface area contributed by atoms with Crippen LogP contribution >= 0.6 is 0 Å². The first-order valence-corrected chi connectivity index (χ1v) is 8.86. The molecule has 4 heteroatoms. The van der Waals surface area contributed by atoms with Gasteiger partial charge in [-0.25, -0.2) is 0 Å². The zero-order valence-corrected chi connectivity index (χ0v) is 14.2. The van der Waals surface area contributed by atoms with E-state index in [1.807, 2.05) is 13.0 Å². The molecule has 4 rings (SSSR count). The van der Waals surface area contributed by atoms with Crippen LogP contribution in [0.3, 0.4) is 0 Å². The summed E-state index contributed by atoms with van der Waals surface area (Å²) in [6, 6.07) is 6.85. The molecule has 0 saturated heterocycles. The van der Waals surface area contributed by atoms with Gasteiger partial charge in [0.05, 0.1) is 5.39 Å². The number of hydrogen-bond donors (Lipinski definition) is 1. The fraction of sp³-hybridized carbons (Fsp3) is 0.500. The maximum atomic E-state index is 12.5. The van der Waals surface area contributed by atoms with Crippen LogP contribution in [0.25, 0.3) is 11.0 Å². The number of hydrogen-bond acceptors (Lipinski definition) is 3. The second kappa shape index (κ2) is 5.76. The predicted molar refractivity (Wildman–Crippen MR) is 93.1 cm³/mol. The van der Waals surface area contributed by atoms with Gasteiger partial charge in [0.1, 0.15) is 5.58 Å². The van der Waals surface area contributed by atoms with E-state index in [4.69, 9.17) is 4.42 Å². The largest absolute Gasteiger partial charge is 0.451 e. The summed E-state index contributed by atoms with van der Waals surface area (Å²) in [4.78, 5) is 24.8. The topological polar surface area (TPSA) is 59.3 Å². The van der Waals surface area contributed by atoms with Crippen molar-refractivity contribution in [3.8, 4) is 0 Å². The second-order valence-corrected chi connectivity index (χ2v) is 7.58. The molecule has 2 aromatic rings. The number of carbonyl (C=O) groups is 1. The summed E-state index contributed by atoms with van der Waals surface area (Å²) in [6.45, 7) is 4.00. The summed E-state index contributed by atoms with van der Waals surface area (Å²) in [5, 5.41) is 3.58. The molecule has 1 aromatic heterocycles. The SMILES string of the molecule is Cc1ccc2oc(C(=O)N[C@H](C)[C@H]3C[C@H]4CC[C@H]3C4)cc(=O)c2c1. The van der Waals surface area contributed by atoms with Gasteiger partial charge in [-0.3, -0.25) is 9.59 Å². The highest BCUT2D eigenvalue weighted by Crippen LogP contribution is 2.49. The normalized spacial score (nSPS) is 26.7. The van der Waals surface area contributed by atoms with Gasteiger partial charge in [0, 0.05) is 12.1 Å². The second-order valence-electron chi connectivity index (χ2n) is 7.58. The number of carbonyl (C=O) groups excluding carboxylic acids is 1. The molecule has 1 N–H and O–H groups in total. The van der Waals surface area contributed by atoms with Crippen LogP contribution in [0.2, 0.25) is 0 Å². The molecular formula is C20H23NO3. The van der Waals surface area contributed by atoms with E-state index in [2.05, 4.69) is 12.2 Å². The van der Waals surface area contributed by atoms with Crippen LogP contribution in [0.15, 0.2) is 33.5 Å². The first-order chi connectivity index (χ1) is 11.5. The fourth-order valence-corrected chi connectivity index (χ4v) is 4.67. The van der Waals surface area contributed by atoms with E-state index in [9.17, 15) is 9.59 Å².